The summed E-state index contributed by atoms with van der Waals surface area (Å²) in [5.74, 6) is 2.32. The van der Waals surface area contributed by atoms with Gasteiger partial charge in [-0.25, -0.2) is 0 Å². The van der Waals surface area contributed by atoms with Gasteiger partial charge in [-0.3, -0.25) is 4.90 Å². The van der Waals surface area contributed by atoms with Crippen molar-refractivity contribution < 1.29 is 4.74 Å². The number of hydrogen-bond donors (Lipinski definition) is 1. The zero-order chi connectivity index (χ0) is 13.8. The molecule has 2 heterocycles. The number of morpholine rings is 1. The Labute approximate surface area is 126 Å². The molecule has 3 rings (SSSR count). The van der Waals surface area contributed by atoms with Gasteiger partial charge >= 0.3 is 0 Å². The van der Waals surface area contributed by atoms with Gasteiger partial charge in [0.15, 0.2) is 0 Å². The summed E-state index contributed by atoms with van der Waals surface area (Å²) in [5, 5.41) is 3.72. The van der Waals surface area contributed by atoms with Crippen molar-refractivity contribution in [3.8, 4) is 0 Å². The summed E-state index contributed by atoms with van der Waals surface area (Å²) in [6, 6.07) is 9.30. The van der Waals surface area contributed by atoms with Crippen LogP contribution in [0.3, 0.4) is 0 Å². The minimum Gasteiger partial charge on any atom is -0.374 e. The summed E-state index contributed by atoms with van der Waals surface area (Å²) in [6.45, 7) is 7.32. The number of hydrogen-bond acceptors (Lipinski definition) is 4. The molecule has 1 saturated heterocycles. The number of likely N-dealkylation sites (N-methyl/N-ethyl adjacent to an activating group) is 1. The first-order valence-electron chi connectivity index (χ1n) is 7.59. The van der Waals surface area contributed by atoms with Crippen molar-refractivity contribution in [1.82, 2.24) is 10.2 Å². The number of nitrogens with one attached hydrogen (secondary N) is 1. The molecule has 0 aliphatic carbocycles. The first-order valence-corrected chi connectivity index (χ1v) is 8.75. The molecule has 3 nitrogen and oxygen atoms in total. The molecule has 0 spiro atoms. The van der Waals surface area contributed by atoms with Gasteiger partial charge in [0.2, 0.25) is 0 Å². The Hall–Kier alpha value is -0.550. The van der Waals surface area contributed by atoms with Crippen LogP contribution in [0.2, 0.25) is 0 Å². The molecule has 0 radical (unpaired) electrons. The van der Waals surface area contributed by atoms with Crippen molar-refractivity contribution in [2.24, 2.45) is 0 Å². The highest BCUT2D eigenvalue weighted by molar-refractivity contribution is 7.98. The fourth-order valence-electron chi connectivity index (χ4n) is 3.02. The van der Waals surface area contributed by atoms with Crippen LogP contribution in [0, 0.1) is 0 Å². The lowest BCUT2D eigenvalue weighted by Crippen LogP contribution is -2.47. The van der Waals surface area contributed by atoms with Gasteiger partial charge in [-0.15, -0.1) is 0 Å². The van der Waals surface area contributed by atoms with Crippen molar-refractivity contribution >= 4 is 11.8 Å². The highest BCUT2D eigenvalue weighted by Gasteiger charge is 2.23. The van der Waals surface area contributed by atoms with E-state index in [-0.39, 0.29) is 0 Å². The van der Waals surface area contributed by atoms with Crippen LogP contribution in [0.15, 0.2) is 24.3 Å². The van der Waals surface area contributed by atoms with Crippen LogP contribution in [-0.2, 0) is 10.5 Å². The standard InChI is InChI=1S/C16H24N2OS/c1-2-18-7-8-19-14(10-18)9-17-16-12-20-11-13-5-3-4-6-15(13)16/h3-6,14,16-17H,2,7-12H2,1H3. The Morgan fingerprint density at radius 2 is 2.30 bits per heavy atom. The lowest BCUT2D eigenvalue weighted by atomic mass is 10.0. The van der Waals surface area contributed by atoms with Crippen LogP contribution >= 0.6 is 11.8 Å². The van der Waals surface area contributed by atoms with Crippen LogP contribution < -0.4 is 5.32 Å². The molecule has 2 aliphatic rings. The lowest BCUT2D eigenvalue weighted by Gasteiger charge is -2.34. The van der Waals surface area contributed by atoms with Gasteiger partial charge in [0.25, 0.3) is 0 Å². The van der Waals surface area contributed by atoms with Crippen LogP contribution in [-0.4, -0.2) is 49.5 Å². The Morgan fingerprint density at radius 3 is 3.20 bits per heavy atom. The molecule has 20 heavy (non-hydrogen) atoms. The molecular weight excluding hydrogens is 268 g/mol. The molecule has 2 aliphatic heterocycles. The maximum Gasteiger partial charge on any atom is 0.0826 e. The Bertz CT molecular complexity index is 440. The Morgan fingerprint density at radius 1 is 1.40 bits per heavy atom. The van der Waals surface area contributed by atoms with Gasteiger partial charge in [-0.1, -0.05) is 31.2 Å². The normalized spacial score (nSPS) is 27.2. The summed E-state index contributed by atoms with van der Waals surface area (Å²) < 4.78 is 5.88. The zero-order valence-corrected chi connectivity index (χ0v) is 13.0. The van der Waals surface area contributed by atoms with E-state index in [1.165, 1.54) is 16.9 Å². The highest BCUT2D eigenvalue weighted by Crippen LogP contribution is 2.31. The summed E-state index contributed by atoms with van der Waals surface area (Å²) >= 11 is 2.02. The lowest BCUT2D eigenvalue weighted by molar-refractivity contribution is -0.0261. The molecule has 2 atom stereocenters. The molecule has 0 bridgehead atoms. The van der Waals surface area contributed by atoms with Crippen molar-refractivity contribution in [2.75, 3.05) is 38.5 Å². The second-order valence-corrected chi connectivity index (χ2v) is 6.59. The number of ether oxygens (including phenoxy) is 1. The predicted octanol–water partition coefficient (Wildman–Crippen LogP) is 2.28. The molecule has 1 aromatic rings. The van der Waals surface area contributed by atoms with E-state index >= 15 is 0 Å². The Kier molecular flexibility index (Phi) is 4.99. The third-order valence-electron chi connectivity index (χ3n) is 4.23. The van der Waals surface area contributed by atoms with Crippen LogP contribution in [0.5, 0.6) is 0 Å². The summed E-state index contributed by atoms with van der Waals surface area (Å²) in [6.07, 6.45) is 0.336. The van der Waals surface area contributed by atoms with E-state index in [0.29, 0.717) is 12.1 Å². The largest absolute Gasteiger partial charge is 0.374 e. The first kappa shape index (κ1) is 14.4. The molecule has 0 amide bonds. The number of fused-ring (bicyclic) bond motifs is 1. The van der Waals surface area contributed by atoms with E-state index in [1.807, 2.05) is 11.8 Å². The van der Waals surface area contributed by atoms with Crippen molar-refractivity contribution in [3.63, 3.8) is 0 Å². The molecular formula is C16H24N2OS. The minimum absolute atomic E-state index is 0.336. The molecule has 1 N–H and O–H groups in total. The molecule has 1 aromatic carbocycles. The van der Waals surface area contributed by atoms with Crippen LogP contribution in [0.25, 0.3) is 0 Å². The molecule has 0 saturated carbocycles. The van der Waals surface area contributed by atoms with Gasteiger partial charge in [-0.2, -0.15) is 11.8 Å². The van der Waals surface area contributed by atoms with E-state index in [9.17, 15) is 0 Å². The quantitative estimate of drug-likeness (QED) is 0.920. The zero-order valence-electron chi connectivity index (χ0n) is 12.2. The molecule has 0 aromatic heterocycles. The van der Waals surface area contributed by atoms with Gasteiger partial charge in [0, 0.05) is 37.2 Å². The maximum absolute atomic E-state index is 5.88. The SMILES string of the molecule is CCN1CCOC(CNC2CSCc3ccccc32)C1. The fourth-order valence-corrected chi connectivity index (χ4v) is 4.15. The maximum atomic E-state index is 5.88. The second-order valence-electron chi connectivity index (χ2n) is 5.56. The van der Waals surface area contributed by atoms with Crippen LogP contribution in [0.4, 0.5) is 0 Å². The highest BCUT2D eigenvalue weighted by atomic mass is 32.2. The fraction of sp³-hybridized carbons (Fsp3) is 0.625. The summed E-state index contributed by atoms with van der Waals surface area (Å²) in [7, 11) is 0. The van der Waals surface area contributed by atoms with E-state index in [2.05, 4.69) is 41.4 Å². The van der Waals surface area contributed by atoms with E-state index in [0.717, 1.165) is 38.5 Å². The third-order valence-corrected chi connectivity index (χ3v) is 5.32. The average molecular weight is 292 g/mol. The topological polar surface area (TPSA) is 24.5 Å². The number of nitrogens with zero attached hydrogens (tertiary/aromatic N) is 1. The molecule has 4 heteroatoms. The average Bonchev–Trinajstić information content (AvgIpc) is 2.53. The first-order chi connectivity index (χ1) is 9.86. The number of thioether (sulfide) groups is 1. The van der Waals surface area contributed by atoms with Gasteiger partial charge in [0.05, 0.1) is 12.7 Å². The smallest absolute Gasteiger partial charge is 0.0826 e. The molecule has 1 fully saturated rings. The van der Waals surface area contributed by atoms with Gasteiger partial charge in [0.1, 0.15) is 0 Å². The monoisotopic (exact) mass is 292 g/mol. The van der Waals surface area contributed by atoms with Crippen molar-refractivity contribution in [2.45, 2.75) is 24.8 Å². The van der Waals surface area contributed by atoms with E-state index in [1.54, 1.807) is 0 Å². The second kappa shape index (κ2) is 6.94. The summed E-state index contributed by atoms with van der Waals surface area (Å²) in [5.41, 5.74) is 2.97. The van der Waals surface area contributed by atoms with Crippen molar-refractivity contribution in [1.29, 1.82) is 0 Å². The number of benzene rings is 1. The number of rotatable bonds is 4. The van der Waals surface area contributed by atoms with E-state index < -0.39 is 0 Å². The van der Waals surface area contributed by atoms with Gasteiger partial charge < -0.3 is 10.1 Å². The predicted molar refractivity (Wildman–Crippen MR) is 85.2 cm³/mol. The third kappa shape index (κ3) is 3.37. The Balaban J connectivity index is 1.56. The minimum atomic E-state index is 0.336. The van der Waals surface area contributed by atoms with E-state index in [4.69, 9.17) is 4.74 Å². The van der Waals surface area contributed by atoms with Crippen LogP contribution in [0.1, 0.15) is 24.1 Å². The molecule has 2 unspecified atom stereocenters. The molecule has 110 valence electrons. The summed E-state index contributed by atoms with van der Waals surface area (Å²) in [4.78, 5) is 2.47. The van der Waals surface area contributed by atoms with Gasteiger partial charge in [-0.05, 0) is 17.7 Å². The van der Waals surface area contributed by atoms with Crippen molar-refractivity contribution in [3.05, 3.63) is 35.4 Å².